The Hall–Kier alpha value is -1.89. The Morgan fingerprint density at radius 2 is 1.74 bits per heavy atom. The first kappa shape index (κ1) is 16.0. The molecule has 2 aromatic rings. The normalized spacial score (nSPS) is 15.1. The Labute approximate surface area is 141 Å². The van der Waals surface area contributed by atoms with Gasteiger partial charge in [0.1, 0.15) is 17.5 Å². The molecule has 0 aliphatic carbocycles. The molecule has 0 saturated carbocycles. The van der Waals surface area contributed by atoms with Crippen LogP contribution in [0.2, 0.25) is 0 Å². The molecule has 0 aromatic carbocycles. The lowest BCUT2D eigenvalue weighted by atomic mass is 10.2. The molecular weight excluding hydrogens is 308 g/mol. The summed E-state index contributed by atoms with van der Waals surface area (Å²) in [7, 11) is 0. The molecule has 3 rings (SSSR count). The predicted octanol–water partition coefficient (Wildman–Crippen LogP) is 2.19. The van der Waals surface area contributed by atoms with Crippen LogP contribution in [-0.2, 0) is 6.42 Å². The van der Waals surface area contributed by atoms with Crippen molar-refractivity contribution in [3.63, 3.8) is 0 Å². The molecule has 0 amide bonds. The molecule has 122 valence electrons. The first-order valence-corrected chi connectivity index (χ1v) is 9.13. The highest BCUT2D eigenvalue weighted by Gasteiger charge is 2.20. The molecule has 6 nitrogen and oxygen atoms in total. The second-order valence-corrected chi connectivity index (χ2v) is 6.27. The first-order valence-electron chi connectivity index (χ1n) is 7.91. The predicted molar refractivity (Wildman–Crippen MR) is 94.4 cm³/mol. The average molecular weight is 330 g/mol. The lowest BCUT2D eigenvalue weighted by molar-refractivity contribution is 0.635. The van der Waals surface area contributed by atoms with Crippen LogP contribution < -0.4 is 9.80 Å². The van der Waals surface area contributed by atoms with E-state index in [1.807, 2.05) is 25.4 Å². The van der Waals surface area contributed by atoms with Gasteiger partial charge in [-0.15, -0.1) is 0 Å². The van der Waals surface area contributed by atoms with Gasteiger partial charge in [0.15, 0.2) is 5.16 Å². The minimum Gasteiger partial charge on any atom is -0.353 e. The zero-order valence-electron chi connectivity index (χ0n) is 13.9. The third-order valence-corrected chi connectivity index (χ3v) is 4.53. The van der Waals surface area contributed by atoms with Gasteiger partial charge < -0.3 is 9.80 Å². The second-order valence-electron chi connectivity index (χ2n) is 5.49. The van der Waals surface area contributed by atoms with Crippen LogP contribution in [0.25, 0.3) is 0 Å². The van der Waals surface area contributed by atoms with Crippen LogP contribution >= 0.6 is 11.8 Å². The third kappa shape index (κ3) is 3.72. The summed E-state index contributed by atoms with van der Waals surface area (Å²) >= 11 is 1.60. The molecule has 1 aliphatic heterocycles. The van der Waals surface area contributed by atoms with E-state index in [4.69, 9.17) is 0 Å². The molecule has 3 heterocycles. The molecule has 2 aromatic heterocycles. The van der Waals surface area contributed by atoms with E-state index in [0.717, 1.165) is 60.9 Å². The Morgan fingerprint density at radius 1 is 1.04 bits per heavy atom. The number of piperazine rings is 1. The summed E-state index contributed by atoms with van der Waals surface area (Å²) < 4.78 is 0. The number of thioether (sulfide) groups is 1. The van der Waals surface area contributed by atoms with Gasteiger partial charge in [0, 0.05) is 44.1 Å². The number of hydrogen-bond donors (Lipinski definition) is 0. The quantitative estimate of drug-likeness (QED) is 0.629. The Bertz CT molecular complexity index is 647. The highest BCUT2D eigenvalue weighted by atomic mass is 32.2. The van der Waals surface area contributed by atoms with Gasteiger partial charge in [-0.2, -0.15) is 0 Å². The van der Waals surface area contributed by atoms with E-state index < -0.39 is 0 Å². The highest BCUT2D eigenvalue weighted by Crippen LogP contribution is 2.21. The van der Waals surface area contributed by atoms with E-state index in [-0.39, 0.29) is 0 Å². The van der Waals surface area contributed by atoms with Crippen molar-refractivity contribution >= 4 is 23.4 Å². The van der Waals surface area contributed by atoms with E-state index in [0.29, 0.717) is 0 Å². The Kier molecular flexibility index (Phi) is 4.95. The molecule has 0 spiro atoms. The average Bonchev–Trinajstić information content (AvgIpc) is 2.61. The number of hydrogen-bond acceptors (Lipinski definition) is 7. The van der Waals surface area contributed by atoms with Gasteiger partial charge in [-0.1, -0.05) is 18.7 Å². The smallest absolute Gasteiger partial charge is 0.189 e. The van der Waals surface area contributed by atoms with Crippen molar-refractivity contribution in [2.45, 2.75) is 25.4 Å². The summed E-state index contributed by atoms with van der Waals surface area (Å²) in [5.41, 5.74) is 1.10. The van der Waals surface area contributed by atoms with Crippen molar-refractivity contribution < 1.29 is 0 Å². The number of anilines is 2. The third-order valence-electron chi connectivity index (χ3n) is 3.98. The number of aryl methyl sites for hydroxylation is 2. The summed E-state index contributed by atoms with van der Waals surface area (Å²) in [6.07, 6.45) is 4.78. The van der Waals surface area contributed by atoms with Gasteiger partial charge in [0.05, 0.1) is 0 Å². The van der Waals surface area contributed by atoms with Crippen LogP contribution in [-0.4, -0.2) is 52.4 Å². The van der Waals surface area contributed by atoms with E-state index in [9.17, 15) is 0 Å². The van der Waals surface area contributed by atoms with Crippen LogP contribution in [0.3, 0.4) is 0 Å². The molecule has 0 radical (unpaired) electrons. The van der Waals surface area contributed by atoms with Crippen LogP contribution in [0.5, 0.6) is 0 Å². The van der Waals surface area contributed by atoms with Gasteiger partial charge in [0.25, 0.3) is 0 Å². The summed E-state index contributed by atoms with van der Waals surface area (Å²) in [5, 5.41) is 0.855. The molecule has 0 N–H and O–H groups in total. The minimum atomic E-state index is 0.818. The fraction of sp³-hybridized carbons (Fsp3) is 0.500. The van der Waals surface area contributed by atoms with Gasteiger partial charge in [-0.3, -0.25) is 0 Å². The first-order chi connectivity index (χ1) is 11.2. The molecule has 0 bridgehead atoms. The second kappa shape index (κ2) is 7.12. The van der Waals surface area contributed by atoms with Crippen molar-refractivity contribution in [2.24, 2.45) is 0 Å². The summed E-state index contributed by atoms with van der Waals surface area (Å²) in [4.78, 5) is 22.5. The molecule has 7 heteroatoms. The van der Waals surface area contributed by atoms with Gasteiger partial charge >= 0.3 is 0 Å². The standard InChI is InChI=1S/C16H22N6S/c1-4-13-11-15(20-16(19-13)23-3)22-9-7-21(8-10-22)14-5-6-17-12(2)18-14/h5-6,11H,4,7-10H2,1-3H3. The number of rotatable bonds is 4. The summed E-state index contributed by atoms with van der Waals surface area (Å²) in [6, 6.07) is 4.10. The van der Waals surface area contributed by atoms with Crippen LogP contribution in [0, 0.1) is 6.92 Å². The van der Waals surface area contributed by atoms with Gasteiger partial charge in [0.2, 0.25) is 0 Å². The van der Waals surface area contributed by atoms with E-state index in [1.165, 1.54) is 0 Å². The molecule has 0 atom stereocenters. The number of nitrogens with zero attached hydrogens (tertiary/aromatic N) is 6. The van der Waals surface area contributed by atoms with Crippen molar-refractivity contribution in [3.8, 4) is 0 Å². The summed E-state index contributed by atoms with van der Waals surface area (Å²) in [5.74, 6) is 2.87. The van der Waals surface area contributed by atoms with E-state index in [2.05, 4.69) is 42.7 Å². The molecule has 1 saturated heterocycles. The van der Waals surface area contributed by atoms with Gasteiger partial charge in [-0.05, 0) is 25.7 Å². The highest BCUT2D eigenvalue weighted by molar-refractivity contribution is 7.98. The van der Waals surface area contributed by atoms with E-state index >= 15 is 0 Å². The zero-order chi connectivity index (χ0) is 16.2. The fourth-order valence-corrected chi connectivity index (χ4v) is 3.07. The SMILES string of the molecule is CCc1cc(N2CCN(c3ccnc(C)n3)CC2)nc(SC)n1. The molecule has 0 unspecified atom stereocenters. The molecule has 23 heavy (non-hydrogen) atoms. The van der Waals surface area contributed by atoms with Crippen molar-refractivity contribution in [3.05, 3.63) is 29.8 Å². The van der Waals surface area contributed by atoms with Crippen molar-refractivity contribution in [1.82, 2.24) is 19.9 Å². The largest absolute Gasteiger partial charge is 0.353 e. The maximum Gasteiger partial charge on any atom is 0.189 e. The van der Waals surface area contributed by atoms with Crippen LogP contribution in [0.4, 0.5) is 11.6 Å². The Morgan fingerprint density at radius 3 is 2.35 bits per heavy atom. The monoisotopic (exact) mass is 330 g/mol. The van der Waals surface area contributed by atoms with Gasteiger partial charge in [-0.25, -0.2) is 19.9 Å². The molecular formula is C16H22N6S. The van der Waals surface area contributed by atoms with Crippen molar-refractivity contribution in [1.29, 1.82) is 0 Å². The van der Waals surface area contributed by atoms with Crippen LogP contribution in [0.15, 0.2) is 23.5 Å². The van der Waals surface area contributed by atoms with E-state index in [1.54, 1.807) is 11.8 Å². The topological polar surface area (TPSA) is 58.0 Å². The lowest BCUT2D eigenvalue weighted by Crippen LogP contribution is -2.47. The molecule has 1 fully saturated rings. The lowest BCUT2D eigenvalue weighted by Gasteiger charge is -2.36. The zero-order valence-corrected chi connectivity index (χ0v) is 14.7. The van der Waals surface area contributed by atoms with Crippen LogP contribution in [0.1, 0.15) is 18.4 Å². The summed E-state index contributed by atoms with van der Waals surface area (Å²) in [6.45, 7) is 7.82. The molecule has 1 aliphatic rings. The van der Waals surface area contributed by atoms with Crippen molar-refractivity contribution in [2.75, 3.05) is 42.2 Å². The maximum absolute atomic E-state index is 4.67. The minimum absolute atomic E-state index is 0.818. The number of aromatic nitrogens is 4. The Balaban J connectivity index is 1.71. The maximum atomic E-state index is 4.67. The fourth-order valence-electron chi connectivity index (χ4n) is 2.68.